The smallest absolute Gasteiger partial charge is 0.251 e. The van der Waals surface area contributed by atoms with Gasteiger partial charge in [-0.15, -0.1) is 0 Å². The molecule has 0 saturated carbocycles. The van der Waals surface area contributed by atoms with Gasteiger partial charge in [-0.05, 0) is 56.5 Å². The second kappa shape index (κ2) is 8.78. The Morgan fingerprint density at radius 1 is 1.24 bits per heavy atom. The van der Waals surface area contributed by atoms with Gasteiger partial charge < -0.3 is 10.6 Å². The van der Waals surface area contributed by atoms with Gasteiger partial charge in [-0.3, -0.25) is 4.79 Å². The zero-order chi connectivity index (χ0) is 18.4. The molecule has 1 saturated heterocycles. The summed E-state index contributed by atoms with van der Waals surface area (Å²) in [4.78, 5) is 12.4. The predicted octanol–water partition coefficient (Wildman–Crippen LogP) is 1.83. The lowest BCUT2D eigenvalue weighted by molar-refractivity contribution is 0.0950. The Bertz CT molecular complexity index is 665. The van der Waals surface area contributed by atoms with E-state index in [2.05, 4.69) is 17.6 Å². The van der Waals surface area contributed by atoms with Crippen molar-refractivity contribution >= 4 is 15.9 Å². The Balaban J connectivity index is 2.00. The molecule has 0 spiro atoms. The highest BCUT2D eigenvalue weighted by molar-refractivity contribution is 7.89. The third-order valence-electron chi connectivity index (χ3n) is 4.62. The number of nitrogens with one attached hydrogen (secondary N) is 2. The van der Waals surface area contributed by atoms with E-state index in [0.717, 1.165) is 19.4 Å². The fourth-order valence-electron chi connectivity index (χ4n) is 2.92. The van der Waals surface area contributed by atoms with Crippen LogP contribution in [0.4, 0.5) is 0 Å². The Morgan fingerprint density at radius 3 is 2.40 bits per heavy atom. The second-order valence-electron chi connectivity index (χ2n) is 6.78. The van der Waals surface area contributed by atoms with Crippen LogP contribution in [-0.2, 0) is 10.0 Å². The molecule has 1 aromatic carbocycles. The van der Waals surface area contributed by atoms with Gasteiger partial charge in [0, 0.05) is 31.2 Å². The number of likely N-dealkylation sites (N-methyl/N-ethyl adjacent to an activating group) is 1. The molecule has 7 heteroatoms. The fraction of sp³-hybridized carbons (Fsp3) is 0.611. The third kappa shape index (κ3) is 5.26. The van der Waals surface area contributed by atoms with E-state index in [1.54, 1.807) is 16.4 Å². The first kappa shape index (κ1) is 19.9. The molecule has 140 valence electrons. The molecule has 2 N–H and O–H groups in total. The average Bonchev–Trinajstić information content (AvgIpc) is 2.60. The summed E-state index contributed by atoms with van der Waals surface area (Å²) in [6, 6.07) is 6.39. The summed E-state index contributed by atoms with van der Waals surface area (Å²) < 4.78 is 26.9. The predicted molar refractivity (Wildman–Crippen MR) is 99.1 cm³/mol. The largest absolute Gasteiger partial charge is 0.350 e. The van der Waals surface area contributed by atoms with Crippen LogP contribution in [0, 0.1) is 5.92 Å². The van der Waals surface area contributed by atoms with Crippen molar-refractivity contribution in [2.45, 2.75) is 44.6 Å². The molecule has 1 fully saturated rings. The van der Waals surface area contributed by atoms with E-state index in [0.29, 0.717) is 31.1 Å². The van der Waals surface area contributed by atoms with E-state index in [1.807, 2.05) is 13.8 Å². The number of benzene rings is 1. The number of carbonyl (C=O) groups is 1. The van der Waals surface area contributed by atoms with Crippen molar-refractivity contribution in [1.82, 2.24) is 14.9 Å². The number of rotatable bonds is 7. The molecule has 1 heterocycles. The zero-order valence-corrected chi connectivity index (χ0v) is 16.1. The molecule has 0 aromatic heterocycles. The van der Waals surface area contributed by atoms with Crippen LogP contribution < -0.4 is 10.6 Å². The first-order valence-electron chi connectivity index (χ1n) is 8.96. The molecule has 1 aliphatic heterocycles. The lowest BCUT2D eigenvalue weighted by Gasteiger charge is -2.29. The summed E-state index contributed by atoms with van der Waals surface area (Å²) in [5.74, 6) is 0.377. The minimum atomic E-state index is -3.47. The first-order chi connectivity index (χ1) is 11.8. The van der Waals surface area contributed by atoms with Gasteiger partial charge in [0.15, 0.2) is 0 Å². The highest BCUT2D eigenvalue weighted by Crippen LogP contribution is 2.23. The fourth-order valence-corrected chi connectivity index (χ4v) is 4.39. The molecule has 0 aliphatic carbocycles. The van der Waals surface area contributed by atoms with Gasteiger partial charge in [-0.2, -0.15) is 4.31 Å². The third-order valence-corrected chi connectivity index (χ3v) is 6.53. The van der Waals surface area contributed by atoms with Crippen molar-refractivity contribution < 1.29 is 13.2 Å². The number of amides is 1. The highest BCUT2D eigenvalue weighted by atomic mass is 32.2. The van der Waals surface area contributed by atoms with Crippen LogP contribution in [-0.4, -0.2) is 50.9 Å². The summed E-state index contributed by atoms with van der Waals surface area (Å²) in [7, 11) is -3.47. The number of hydrogen-bond acceptors (Lipinski definition) is 4. The molecule has 6 nitrogen and oxygen atoms in total. The molecular formula is C18H29N3O3S. The van der Waals surface area contributed by atoms with E-state index in [9.17, 15) is 13.2 Å². The van der Waals surface area contributed by atoms with Crippen molar-refractivity contribution in [2.75, 3.05) is 26.2 Å². The normalized spacial score (nSPS) is 18.0. The van der Waals surface area contributed by atoms with Crippen LogP contribution in [0.25, 0.3) is 0 Å². The van der Waals surface area contributed by atoms with Crippen LogP contribution in [0.15, 0.2) is 29.2 Å². The highest BCUT2D eigenvalue weighted by Gasteiger charge is 2.28. The number of sulfonamides is 1. The Kier molecular flexibility index (Phi) is 6.98. The van der Waals surface area contributed by atoms with Crippen molar-refractivity contribution in [3.8, 4) is 0 Å². The number of carbonyl (C=O) groups excluding carboxylic acids is 1. The van der Waals surface area contributed by atoms with Crippen molar-refractivity contribution in [3.63, 3.8) is 0 Å². The van der Waals surface area contributed by atoms with Gasteiger partial charge in [0.05, 0.1) is 4.90 Å². The van der Waals surface area contributed by atoms with Crippen molar-refractivity contribution in [3.05, 3.63) is 29.8 Å². The van der Waals surface area contributed by atoms with Crippen LogP contribution in [0.2, 0.25) is 0 Å². The molecule has 0 radical (unpaired) electrons. The van der Waals surface area contributed by atoms with E-state index >= 15 is 0 Å². The number of nitrogens with zero attached hydrogens (tertiary/aromatic N) is 1. The quantitative estimate of drug-likeness (QED) is 0.771. The SMILES string of the molecule is CCN[C@H](C)CNC(=O)c1ccc(S(=O)(=O)N2CCC(C)CC2)cc1. The minimum absolute atomic E-state index is 0.190. The maximum absolute atomic E-state index is 12.7. The zero-order valence-electron chi connectivity index (χ0n) is 15.3. The second-order valence-corrected chi connectivity index (χ2v) is 8.72. The van der Waals surface area contributed by atoms with Gasteiger partial charge in [0.2, 0.25) is 10.0 Å². The van der Waals surface area contributed by atoms with Gasteiger partial charge >= 0.3 is 0 Å². The van der Waals surface area contributed by atoms with Crippen molar-refractivity contribution in [2.24, 2.45) is 5.92 Å². The van der Waals surface area contributed by atoms with Crippen LogP contribution in [0.1, 0.15) is 44.0 Å². The van der Waals surface area contributed by atoms with Crippen LogP contribution in [0.5, 0.6) is 0 Å². The van der Waals surface area contributed by atoms with E-state index in [1.165, 1.54) is 12.1 Å². The summed E-state index contributed by atoms with van der Waals surface area (Å²) in [6.07, 6.45) is 1.79. The van der Waals surface area contributed by atoms with Gasteiger partial charge in [-0.1, -0.05) is 13.8 Å². The lowest BCUT2D eigenvalue weighted by atomic mass is 10.0. The maximum atomic E-state index is 12.7. The molecule has 1 amide bonds. The van der Waals surface area contributed by atoms with Crippen LogP contribution >= 0.6 is 0 Å². The van der Waals surface area contributed by atoms with Crippen LogP contribution in [0.3, 0.4) is 0 Å². The summed E-state index contributed by atoms with van der Waals surface area (Å²) in [5.41, 5.74) is 0.468. The Hall–Kier alpha value is -1.44. The standard InChI is InChI=1S/C18H29N3O3S/c1-4-19-15(3)13-20-18(22)16-5-7-17(8-6-16)25(23,24)21-11-9-14(2)10-12-21/h5-8,14-15,19H,4,9-13H2,1-3H3,(H,20,22)/t15-/m1/s1. The molecule has 1 aliphatic rings. The van der Waals surface area contributed by atoms with Gasteiger partial charge in [0.1, 0.15) is 0 Å². The molecule has 0 bridgehead atoms. The summed E-state index contributed by atoms with van der Waals surface area (Å²) >= 11 is 0. The summed E-state index contributed by atoms with van der Waals surface area (Å²) in [6.45, 7) is 8.66. The molecule has 2 rings (SSSR count). The van der Waals surface area contributed by atoms with E-state index < -0.39 is 10.0 Å². The monoisotopic (exact) mass is 367 g/mol. The maximum Gasteiger partial charge on any atom is 0.251 e. The van der Waals surface area contributed by atoms with Crippen molar-refractivity contribution in [1.29, 1.82) is 0 Å². The average molecular weight is 368 g/mol. The molecule has 1 atom stereocenters. The van der Waals surface area contributed by atoms with E-state index in [-0.39, 0.29) is 16.8 Å². The molecule has 1 aromatic rings. The number of piperidine rings is 1. The summed E-state index contributed by atoms with van der Waals surface area (Å²) in [5, 5.41) is 6.07. The molecule has 0 unspecified atom stereocenters. The van der Waals surface area contributed by atoms with E-state index in [4.69, 9.17) is 0 Å². The minimum Gasteiger partial charge on any atom is -0.350 e. The topological polar surface area (TPSA) is 78.5 Å². The first-order valence-corrected chi connectivity index (χ1v) is 10.4. The molecule has 25 heavy (non-hydrogen) atoms. The lowest BCUT2D eigenvalue weighted by Crippen LogP contribution is -2.39. The number of hydrogen-bond donors (Lipinski definition) is 2. The van der Waals surface area contributed by atoms with Gasteiger partial charge in [0.25, 0.3) is 5.91 Å². The van der Waals surface area contributed by atoms with Gasteiger partial charge in [-0.25, -0.2) is 8.42 Å². The Morgan fingerprint density at radius 2 is 1.84 bits per heavy atom. The Labute approximate surface area is 151 Å². The molecular weight excluding hydrogens is 338 g/mol.